The van der Waals surface area contributed by atoms with Crippen LogP contribution < -0.4 is 16.2 Å². The molecule has 0 saturated heterocycles. The summed E-state index contributed by atoms with van der Waals surface area (Å²) in [6.07, 6.45) is 1.62. The van der Waals surface area contributed by atoms with Crippen LogP contribution in [-0.2, 0) is 24.4 Å². The monoisotopic (exact) mass is 327 g/mol. The number of rotatable bonds is 6. The molecule has 2 aromatic heterocycles. The second-order valence-electron chi connectivity index (χ2n) is 5.79. The number of carbonyl (C=O) groups is 1. The number of quaternary nitrogens is 1. The average molecular weight is 327 g/mol. The fourth-order valence-electron chi connectivity index (χ4n) is 2.71. The van der Waals surface area contributed by atoms with Gasteiger partial charge in [0.2, 0.25) is 5.91 Å². The molecule has 0 radical (unpaired) electrons. The minimum absolute atomic E-state index is 0.181. The van der Waals surface area contributed by atoms with E-state index < -0.39 is 5.91 Å². The topological polar surface area (TPSA) is 95.6 Å². The van der Waals surface area contributed by atoms with Crippen LogP contribution in [0.15, 0.2) is 51.9 Å². The summed E-state index contributed by atoms with van der Waals surface area (Å²) < 4.78 is 6.70. The number of furan rings is 1. The Kier molecular flexibility index (Phi) is 4.43. The minimum atomic E-state index is -0.570. The van der Waals surface area contributed by atoms with Gasteiger partial charge in [-0.25, -0.2) is 4.98 Å². The van der Waals surface area contributed by atoms with E-state index in [2.05, 4.69) is 4.98 Å². The molecule has 0 fully saturated rings. The van der Waals surface area contributed by atoms with Gasteiger partial charge in [0, 0.05) is 0 Å². The van der Waals surface area contributed by atoms with Gasteiger partial charge >= 0.3 is 0 Å². The van der Waals surface area contributed by atoms with Crippen molar-refractivity contribution in [3.63, 3.8) is 0 Å². The summed E-state index contributed by atoms with van der Waals surface area (Å²) in [5, 5.41) is 0.478. The molecule has 7 nitrogen and oxygen atoms in total. The summed E-state index contributed by atoms with van der Waals surface area (Å²) in [6.45, 7) is 0.931. The van der Waals surface area contributed by atoms with Crippen molar-refractivity contribution in [2.45, 2.75) is 19.6 Å². The molecule has 0 saturated carbocycles. The zero-order valence-electron chi connectivity index (χ0n) is 13.4. The lowest BCUT2D eigenvalue weighted by Crippen LogP contribution is -3.06. The Bertz CT molecular complexity index is 915. The highest BCUT2D eigenvalue weighted by Gasteiger charge is 2.16. The van der Waals surface area contributed by atoms with E-state index in [4.69, 9.17) is 10.2 Å². The summed E-state index contributed by atoms with van der Waals surface area (Å²) in [6, 6.07) is 10.8. The molecule has 0 aliphatic rings. The number of para-hydroxylation sites is 1. The van der Waals surface area contributed by atoms with E-state index in [1.54, 1.807) is 24.5 Å². The summed E-state index contributed by atoms with van der Waals surface area (Å²) in [5.74, 6) is 0.803. The molecule has 3 rings (SSSR count). The number of amides is 1. The highest BCUT2D eigenvalue weighted by molar-refractivity contribution is 5.78. The first-order valence-corrected chi connectivity index (χ1v) is 7.65. The normalized spacial score (nSPS) is 12.4. The van der Waals surface area contributed by atoms with Gasteiger partial charge in [-0.15, -0.1) is 0 Å². The largest absolute Gasteiger partial charge is 0.463 e. The van der Waals surface area contributed by atoms with Crippen LogP contribution in [0.1, 0.15) is 11.6 Å². The highest BCUT2D eigenvalue weighted by Crippen LogP contribution is 2.07. The SMILES string of the molecule is C[NH+](Cc1ccco1)Cc1nc2ccccc2c(=O)n1CC(N)=O. The number of aromatic nitrogens is 2. The molecule has 1 aromatic carbocycles. The van der Waals surface area contributed by atoms with Crippen LogP contribution in [0.2, 0.25) is 0 Å². The molecule has 0 bridgehead atoms. The van der Waals surface area contributed by atoms with Crippen molar-refractivity contribution < 1.29 is 14.1 Å². The maximum absolute atomic E-state index is 12.7. The van der Waals surface area contributed by atoms with E-state index in [1.165, 1.54) is 4.57 Å². The van der Waals surface area contributed by atoms with Crippen LogP contribution >= 0.6 is 0 Å². The first-order valence-electron chi connectivity index (χ1n) is 7.65. The van der Waals surface area contributed by atoms with Gasteiger partial charge in [-0.3, -0.25) is 14.2 Å². The van der Waals surface area contributed by atoms with Crippen molar-refractivity contribution in [1.29, 1.82) is 0 Å². The predicted molar refractivity (Wildman–Crippen MR) is 88.2 cm³/mol. The van der Waals surface area contributed by atoms with Crippen LogP contribution in [0.3, 0.4) is 0 Å². The molecule has 1 unspecified atom stereocenters. The molecular weight excluding hydrogens is 308 g/mol. The third-order valence-corrected chi connectivity index (χ3v) is 3.77. The molecule has 0 aliphatic carbocycles. The number of hydrogen-bond acceptors (Lipinski definition) is 4. The fraction of sp³-hybridized carbons (Fsp3) is 0.235. The van der Waals surface area contributed by atoms with E-state index >= 15 is 0 Å². The predicted octanol–water partition coefficient (Wildman–Crippen LogP) is -0.310. The van der Waals surface area contributed by atoms with Crippen LogP contribution in [0, 0.1) is 0 Å². The number of carbonyl (C=O) groups excluding carboxylic acids is 1. The molecule has 0 spiro atoms. The number of nitrogens with zero attached hydrogens (tertiary/aromatic N) is 2. The summed E-state index contributed by atoms with van der Waals surface area (Å²) in [7, 11) is 1.97. The number of benzene rings is 1. The zero-order valence-corrected chi connectivity index (χ0v) is 13.4. The van der Waals surface area contributed by atoms with E-state index in [-0.39, 0.29) is 12.1 Å². The first kappa shape index (κ1) is 15.9. The standard InChI is InChI=1S/C17H18N4O3/c1-20(9-12-5-4-8-24-12)11-16-19-14-7-3-2-6-13(14)17(23)21(16)10-15(18)22/h2-8H,9-11H2,1H3,(H2,18,22)/p+1. The lowest BCUT2D eigenvalue weighted by atomic mass is 10.2. The first-order chi connectivity index (χ1) is 11.5. The molecule has 24 heavy (non-hydrogen) atoms. The third kappa shape index (κ3) is 3.36. The molecule has 7 heteroatoms. The van der Waals surface area contributed by atoms with Crippen molar-refractivity contribution in [1.82, 2.24) is 9.55 Å². The molecule has 2 heterocycles. The van der Waals surface area contributed by atoms with Crippen molar-refractivity contribution in [2.24, 2.45) is 5.73 Å². The van der Waals surface area contributed by atoms with Crippen LogP contribution in [0.25, 0.3) is 10.9 Å². The number of nitrogens with two attached hydrogens (primary N) is 1. The molecule has 1 atom stereocenters. The zero-order chi connectivity index (χ0) is 17.1. The van der Waals surface area contributed by atoms with Gasteiger partial charge in [0.25, 0.3) is 5.56 Å². The fourth-order valence-corrected chi connectivity index (χ4v) is 2.71. The van der Waals surface area contributed by atoms with Gasteiger partial charge in [0.1, 0.15) is 19.6 Å². The van der Waals surface area contributed by atoms with Gasteiger partial charge in [-0.1, -0.05) is 12.1 Å². The van der Waals surface area contributed by atoms with E-state index in [0.717, 1.165) is 10.7 Å². The molecule has 0 aliphatic heterocycles. The lowest BCUT2D eigenvalue weighted by molar-refractivity contribution is -0.909. The Hall–Kier alpha value is -2.93. The third-order valence-electron chi connectivity index (χ3n) is 3.77. The lowest BCUT2D eigenvalue weighted by Gasteiger charge is -2.16. The van der Waals surface area contributed by atoms with Crippen molar-refractivity contribution >= 4 is 16.8 Å². The molecule has 124 valence electrons. The Labute approximate surface area is 138 Å². The Balaban J connectivity index is 1.98. The van der Waals surface area contributed by atoms with E-state index in [0.29, 0.717) is 29.8 Å². The maximum Gasteiger partial charge on any atom is 0.262 e. The van der Waals surface area contributed by atoms with Crippen LogP contribution in [0.5, 0.6) is 0 Å². The van der Waals surface area contributed by atoms with Gasteiger partial charge in [0.15, 0.2) is 11.6 Å². The van der Waals surface area contributed by atoms with Crippen molar-refractivity contribution in [2.75, 3.05) is 7.05 Å². The van der Waals surface area contributed by atoms with Gasteiger partial charge in [0.05, 0.1) is 24.2 Å². The van der Waals surface area contributed by atoms with Gasteiger partial charge < -0.3 is 15.1 Å². The number of fused-ring (bicyclic) bond motifs is 1. The van der Waals surface area contributed by atoms with Crippen molar-refractivity contribution in [3.05, 3.63) is 64.6 Å². The maximum atomic E-state index is 12.7. The second-order valence-corrected chi connectivity index (χ2v) is 5.79. The highest BCUT2D eigenvalue weighted by atomic mass is 16.3. The van der Waals surface area contributed by atoms with Gasteiger partial charge in [-0.05, 0) is 24.3 Å². The number of nitrogens with one attached hydrogen (secondary N) is 1. The van der Waals surface area contributed by atoms with Crippen LogP contribution in [0.4, 0.5) is 0 Å². The number of hydrogen-bond donors (Lipinski definition) is 2. The second kappa shape index (κ2) is 6.67. The smallest absolute Gasteiger partial charge is 0.262 e. The molecule has 1 amide bonds. The van der Waals surface area contributed by atoms with Crippen molar-refractivity contribution in [3.8, 4) is 0 Å². The Morgan fingerprint density at radius 3 is 2.75 bits per heavy atom. The summed E-state index contributed by atoms with van der Waals surface area (Å²) >= 11 is 0. The molecular formula is C17H19N4O3+. The molecule has 3 N–H and O–H groups in total. The van der Waals surface area contributed by atoms with E-state index in [1.807, 2.05) is 25.2 Å². The summed E-state index contributed by atoms with van der Waals surface area (Å²) in [4.78, 5) is 29.7. The molecule has 3 aromatic rings. The summed E-state index contributed by atoms with van der Waals surface area (Å²) in [5.41, 5.74) is 5.66. The quantitative estimate of drug-likeness (QED) is 0.649. The number of primary amides is 1. The average Bonchev–Trinajstić information content (AvgIpc) is 3.03. The minimum Gasteiger partial charge on any atom is -0.463 e. The Morgan fingerprint density at radius 2 is 2.04 bits per heavy atom. The Morgan fingerprint density at radius 1 is 1.25 bits per heavy atom. The van der Waals surface area contributed by atoms with Gasteiger partial charge in [-0.2, -0.15) is 0 Å². The van der Waals surface area contributed by atoms with E-state index in [9.17, 15) is 9.59 Å². The van der Waals surface area contributed by atoms with Crippen LogP contribution in [-0.4, -0.2) is 22.5 Å².